The normalized spacial score (nSPS) is 11.5. The summed E-state index contributed by atoms with van der Waals surface area (Å²) in [5, 5.41) is 0.582. The zero-order valence-electron chi connectivity index (χ0n) is 9.17. The van der Waals surface area contributed by atoms with Crippen LogP contribution < -0.4 is 11.3 Å². The van der Waals surface area contributed by atoms with Gasteiger partial charge in [-0.1, -0.05) is 11.6 Å². The summed E-state index contributed by atoms with van der Waals surface area (Å²) in [7, 11) is 0. The van der Waals surface area contributed by atoms with Gasteiger partial charge in [0.25, 0.3) is 0 Å². The molecule has 1 heterocycles. The molecule has 0 aliphatic heterocycles. The molecular formula is C10H16ClN3O. The Morgan fingerprint density at radius 2 is 2.13 bits per heavy atom. The maximum absolute atomic E-state index is 5.97. The average Bonchev–Trinajstić information content (AvgIpc) is 2.15. The minimum atomic E-state index is -0.211. The van der Waals surface area contributed by atoms with Gasteiger partial charge in [-0.15, -0.1) is 0 Å². The van der Waals surface area contributed by atoms with E-state index in [9.17, 15) is 0 Å². The molecule has 0 radical (unpaired) electrons. The largest absolute Gasteiger partial charge is 0.370 e. The van der Waals surface area contributed by atoms with E-state index in [1.165, 1.54) is 0 Å². The number of pyridine rings is 1. The Balaban J connectivity index is 2.75. The fraction of sp³-hybridized carbons (Fsp3) is 0.500. The van der Waals surface area contributed by atoms with Gasteiger partial charge in [-0.05, 0) is 32.9 Å². The fourth-order valence-electron chi connectivity index (χ4n) is 0.951. The number of hydrazine groups is 1. The number of nitrogens with two attached hydrogens (primary N) is 1. The summed E-state index contributed by atoms with van der Waals surface area (Å²) in [6.45, 7) is 6.31. The molecule has 0 unspecified atom stereocenters. The van der Waals surface area contributed by atoms with Crippen molar-refractivity contribution in [3.63, 3.8) is 0 Å². The summed E-state index contributed by atoms with van der Waals surface area (Å²) in [6.07, 6.45) is 0. The molecule has 4 nitrogen and oxygen atoms in total. The number of nitrogens with one attached hydrogen (secondary N) is 1. The Morgan fingerprint density at radius 3 is 2.67 bits per heavy atom. The van der Waals surface area contributed by atoms with Crippen molar-refractivity contribution < 1.29 is 4.74 Å². The highest BCUT2D eigenvalue weighted by Gasteiger charge is 2.12. The van der Waals surface area contributed by atoms with E-state index in [1.807, 2.05) is 20.8 Å². The second-order valence-electron chi connectivity index (χ2n) is 4.17. The van der Waals surface area contributed by atoms with Crippen LogP contribution in [0.1, 0.15) is 26.5 Å². The first-order valence-corrected chi connectivity index (χ1v) is 5.06. The highest BCUT2D eigenvalue weighted by atomic mass is 35.5. The van der Waals surface area contributed by atoms with Crippen molar-refractivity contribution in [2.24, 2.45) is 5.84 Å². The minimum absolute atomic E-state index is 0.211. The number of halogens is 1. The molecule has 0 aliphatic carbocycles. The lowest BCUT2D eigenvalue weighted by atomic mass is 10.2. The summed E-state index contributed by atoms with van der Waals surface area (Å²) in [4.78, 5) is 4.20. The molecule has 3 N–H and O–H groups in total. The first-order valence-electron chi connectivity index (χ1n) is 4.68. The van der Waals surface area contributed by atoms with E-state index < -0.39 is 0 Å². The quantitative estimate of drug-likeness (QED) is 0.617. The van der Waals surface area contributed by atoms with E-state index in [2.05, 4.69) is 10.4 Å². The average molecular weight is 230 g/mol. The second kappa shape index (κ2) is 4.79. The van der Waals surface area contributed by atoms with Crippen molar-refractivity contribution >= 4 is 17.4 Å². The number of nitrogens with zero attached hydrogens (tertiary/aromatic N) is 1. The molecule has 0 atom stereocenters. The van der Waals surface area contributed by atoms with Crippen molar-refractivity contribution in [3.05, 3.63) is 22.8 Å². The molecule has 0 aliphatic rings. The number of hydrogen-bond acceptors (Lipinski definition) is 4. The molecule has 0 saturated carbocycles. The third-order valence-electron chi connectivity index (χ3n) is 1.71. The van der Waals surface area contributed by atoms with Gasteiger partial charge in [0.2, 0.25) is 0 Å². The van der Waals surface area contributed by atoms with Crippen LogP contribution in [0.25, 0.3) is 0 Å². The molecule has 0 bridgehead atoms. The molecule has 15 heavy (non-hydrogen) atoms. The first kappa shape index (κ1) is 12.2. The number of aromatic nitrogens is 1. The fourth-order valence-corrected chi connectivity index (χ4v) is 1.11. The van der Waals surface area contributed by atoms with Crippen LogP contribution in [0.3, 0.4) is 0 Å². The van der Waals surface area contributed by atoms with E-state index in [0.29, 0.717) is 23.1 Å². The third kappa shape index (κ3) is 4.03. The van der Waals surface area contributed by atoms with Gasteiger partial charge in [0.15, 0.2) is 0 Å². The maximum Gasteiger partial charge on any atom is 0.140 e. The minimum Gasteiger partial charge on any atom is -0.370 e. The van der Waals surface area contributed by atoms with Crippen molar-refractivity contribution in [2.75, 3.05) is 5.43 Å². The van der Waals surface area contributed by atoms with Gasteiger partial charge < -0.3 is 10.2 Å². The smallest absolute Gasteiger partial charge is 0.140 e. The first-order chi connectivity index (χ1) is 6.92. The molecular weight excluding hydrogens is 214 g/mol. The summed E-state index contributed by atoms with van der Waals surface area (Å²) >= 11 is 5.97. The Morgan fingerprint density at radius 1 is 1.47 bits per heavy atom. The van der Waals surface area contributed by atoms with Crippen LogP contribution in [-0.2, 0) is 11.3 Å². The summed E-state index contributed by atoms with van der Waals surface area (Å²) in [5.74, 6) is 5.83. The van der Waals surface area contributed by atoms with Gasteiger partial charge in [-0.3, -0.25) is 0 Å². The lowest BCUT2D eigenvalue weighted by molar-refractivity contribution is -0.0163. The van der Waals surface area contributed by atoms with Gasteiger partial charge in [0, 0.05) is 0 Å². The van der Waals surface area contributed by atoms with E-state index in [0.717, 1.165) is 0 Å². The molecule has 0 aromatic carbocycles. The van der Waals surface area contributed by atoms with E-state index in [-0.39, 0.29) is 5.60 Å². The lowest BCUT2D eigenvalue weighted by Crippen LogP contribution is -2.19. The number of ether oxygens (including phenoxy) is 1. The van der Waals surface area contributed by atoms with Crippen LogP contribution in [0.5, 0.6) is 0 Å². The zero-order chi connectivity index (χ0) is 11.5. The van der Waals surface area contributed by atoms with E-state index in [4.69, 9.17) is 22.2 Å². The highest BCUT2D eigenvalue weighted by molar-refractivity contribution is 6.31. The molecule has 0 amide bonds. The van der Waals surface area contributed by atoms with Gasteiger partial charge in [0.05, 0.1) is 22.9 Å². The van der Waals surface area contributed by atoms with Crippen molar-refractivity contribution in [2.45, 2.75) is 33.0 Å². The zero-order valence-corrected chi connectivity index (χ0v) is 9.93. The Labute approximate surface area is 94.8 Å². The van der Waals surface area contributed by atoms with Crippen LogP contribution in [0.2, 0.25) is 5.02 Å². The number of nitrogen functional groups attached to an aromatic ring is 1. The molecule has 0 fully saturated rings. The molecule has 1 aromatic rings. The summed E-state index contributed by atoms with van der Waals surface area (Å²) in [5.41, 5.74) is 2.94. The Hall–Kier alpha value is -0.840. The van der Waals surface area contributed by atoms with Crippen molar-refractivity contribution in [3.8, 4) is 0 Å². The van der Waals surface area contributed by atoms with Gasteiger partial charge in [0.1, 0.15) is 5.82 Å². The van der Waals surface area contributed by atoms with Crippen LogP contribution >= 0.6 is 11.6 Å². The third-order valence-corrected chi connectivity index (χ3v) is 2.05. The van der Waals surface area contributed by atoms with E-state index in [1.54, 1.807) is 12.1 Å². The lowest BCUT2D eigenvalue weighted by Gasteiger charge is -2.19. The number of anilines is 1. The predicted molar refractivity (Wildman–Crippen MR) is 61.6 cm³/mol. The van der Waals surface area contributed by atoms with Crippen LogP contribution in [0.4, 0.5) is 5.82 Å². The predicted octanol–water partition coefficient (Wildman–Crippen LogP) is 2.34. The number of rotatable bonds is 3. The maximum atomic E-state index is 5.97. The van der Waals surface area contributed by atoms with Crippen LogP contribution in [0.15, 0.2) is 12.1 Å². The summed E-state index contributed by atoms with van der Waals surface area (Å²) < 4.78 is 5.58. The van der Waals surface area contributed by atoms with Crippen molar-refractivity contribution in [1.82, 2.24) is 4.98 Å². The second-order valence-corrected chi connectivity index (χ2v) is 4.58. The molecule has 1 aromatic heterocycles. The molecule has 0 saturated heterocycles. The molecule has 5 heteroatoms. The van der Waals surface area contributed by atoms with E-state index >= 15 is 0 Å². The topological polar surface area (TPSA) is 60.2 Å². The Bertz CT molecular complexity index is 336. The molecule has 0 spiro atoms. The van der Waals surface area contributed by atoms with Gasteiger partial charge >= 0.3 is 0 Å². The number of hydrogen-bond donors (Lipinski definition) is 2. The van der Waals surface area contributed by atoms with Gasteiger partial charge in [-0.2, -0.15) is 0 Å². The SMILES string of the molecule is CC(C)(C)OCc1nc(NN)ccc1Cl. The molecule has 84 valence electrons. The summed E-state index contributed by atoms with van der Waals surface area (Å²) in [6, 6.07) is 3.45. The standard InChI is InChI=1S/C10H16ClN3O/c1-10(2,3)15-6-8-7(11)4-5-9(13-8)14-12/h4-5H,6,12H2,1-3H3,(H,13,14). The molecule has 1 rings (SSSR count). The monoisotopic (exact) mass is 229 g/mol. The van der Waals surface area contributed by atoms with Crippen LogP contribution in [0, 0.1) is 0 Å². The Kier molecular flexibility index (Phi) is 3.90. The van der Waals surface area contributed by atoms with Gasteiger partial charge in [-0.25, -0.2) is 10.8 Å². The highest BCUT2D eigenvalue weighted by Crippen LogP contribution is 2.19. The van der Waals surface area contributed by atoms with Crippen LogP contribution in [-0.4, -0.2) is 10.6 Å². The van der Waals surface area contributed by atoms with Crippen molar-refractivity contribution in [1.29, 1.82) is 0 Å².